The minimum atomic E-state index is 0.139. The molecule has 0 aliphatic rings. The van der Waals surface area contributed by atoms with Gasteiger partial charge in [0.25, 0.3) is 0 Å². The molecule has 2 rings (SSSR count). The van der Waals surface area contributed by atoms with E-state index < -0.39 is 0 Å². The number of aryl methyl sites for hydroxylation is 3. The number of hydrogen-bond acceptors (Lipinski definition) is 1. The lowest BCUT2D eigenvalue weighted by atomic mass is 9.90. The van der Waals surface area contributed by atoms with Crippen molar-refractivity contribution in [1.29, 1.82) is 0 Å². The highest BCUT2D eigenvalue weighted by molar-refractivity contribution is 6.10. The van der Waals surface area contributed by atoms with E-state index >= 15 is 0 Å². The molecule has 0 unspecified atom stereocenters. The van der Waals surface area contributed by atoms with E-state index in [2.05, 4.69) is 32.9 Å². The monoisotopic (exact) mass is 266 g/mol. The fourth-order valence-corrected chi connectivity index (χ4v) is 2.65. The Morgan fingerprint density at radius 3 is 1.90 bits per heavy atom. The van der Waals surface area contributed by atoms with Crippen molar-refractivity contribution < 1.29 is 4.79 Å². The van der Waals surface area contributed by atoms with Gasteiger partial charge in [0.05, 0.1) is 0 Å². The highest BCUT2D eigenvalue weighted by Gasteiger charge is 2.15. The van der Waals surface area contributed by atoms with Crippen LogP contribution in [-0.4, -0.2) is 5.78 Å². The Morgan fingerprint density at radius 1 is 0.800 bits per heavy atom. The average molecular weight is 266 g/mol. The van der Waals surface area contributed by atoms with Crippen molar-refractivity contribution in [2.75, 3.05) is 0 Å². The van der Waals surface area contributed by atoms with Gasteiger partial charge < -0.3 is 0 Å². The van der Waals surface area contributed by atoms with Crippen LogP contribution in [0.15, 0.2) is 42.5 Å². The molecule has 0 aliphatic carbocycles. The first-order valence-electron chi connectivity index (χ1n) is 7.45. The minimum absolute atomic E-state index is 0.139. The predicted molar refractivity (Wildman–Crippen MR) is 84.5 cm³/mol. The van der Waals surface area contributed by atoms with Crippen LogP contribution in [0.4, 0.5) is 0 Å². The predicted octanol–water partition coefficient (Wildman–Crippen LogP) is 4.60. The van der Waals surface area contributed by atoms with Gasteiger partial charge in [-0.2, -0.15) is 0 Å². The van der Waals surface area contributed by atoms with E-state index in [1.165, 1.54) is 11.1 Å². The van der Waals surface area contributed by atoms with Crippen LogP contribution in [0.3, 0.4) is 0 Å². The fraction of sp³-hybridized carbons (Fsp3) is 0.316. The number of rotatable bonds is 5. The summed E-state index contributed by atoms with van der Waals surface area (Å²) < 4.78 is 0. The number of carbonyl (C=O) groups is 1. The lowest BCUT2D eigenvalue weighted by Gasteiger charge is -2.13. The molecule has 1 heteroatoms. The highest BCUT2D eigenvalue weighted by atomic mass is 16.1. The van der Waals surface area contributed by atoms with Crippen LogP contribution in [0.5, 0.6) is 0 Å². The lowest BCUT2D eigenvalue weighted by molar-refractivity contribution is 0.103. The molecule has 0 bridgehead atoms. The molecule has 104 valence electrons. The largest absolute Gasteiger partial charge is 0.289 e. The molecule has 0 aromatic heterocycles. The van der Waals surface area contributed by atoms with Crippen molar-refractivity contribution in [2.45, 2.75) is 40.0 Å². The zero-order chi connectivity index (χ0) is 14.5. The second-order valence-corrected chi connectivity index (χ2v) is 5.03. The van der Waals surface area contributed by atoms with Crippen molar-refractivity contribution >= 4 is 5.78 Å². The summed E-state index contributed by atoms with van der Waals surface area (Å²) in [4.78, 5) is 12.7. The summed E-state index contributed by atoms with van der Waals surface area (Å²) in [5.74, 6) is 0.139. The first-order chi connectivity index (χ1) is 9.71. The van der Waals surface area contributed by atoms with E-state index in [-0.39, 0.29) is 5.78 Å². The number of ketones is 1. The number of benzene rings is 2. The zero-order valence-electron chi connectivity index (χ0n) is 12.6. The molecular weight excluding hydrogens is 244 g/mol. The Bertz CT molecular complexity index is 597. The molecule has 2 aromatic rings. The Kier molecular flexibility index (Phi) is 4.73. The van der Waals surface area contributed by atoms with Crippen molar-refractivity contribution in [2.24, 2.45) is 0 Å². The minimum Gasteiger partial charge on any atom is -0.289 e. The summed E-state index contributed by atoms with van der Waals surface area (Å²) in [7, 11) is 0. The standard InChI is InChI=1S/C19H22O/c1-4-14-12-16(6-3)18(13-15(14)5-2)19(20)17-10-8-7-9-11-17/h7-13H,4-6H2,1-3H3. The number of carbonyl (C=O) groups excluding carboxylic acids is 1. The molecule has 0 aliphatic heterocycles. The van der Waals surface area contributed by atoms with Crippen molar-refractivity contribution in [3.05, 3.63) is 70.3 Å². The topological polar surface area (TPSA) is 17.1 Å². The maximum atomic E-state index is 12.7. The van der Waals surface area contributed by atoms with Crippen LogP contribution in [0.25, 0.3) is 0 Å². The van der Waals surface area contributed by atoms with Gasteiger partial charge in [-0.1, -0.05) is 57.2 Å². The van der Waals surface area contributed by atoms with Crippen LogP contribution in [0, 0.1) is 0 Å². The Morgan fingerprint density at radius 2 is 1.35 bits per heavy atom. The van der Waals surface area contributed by atoms with Gasteiger partial charge in [-0.25, -0.2) is 0 Å². The maximum Gasteiger partial charge on any atom is 0.193 e. The molecule has 0 amide bonds. The average Bonchev–Trinajstić information content (AvgIpc) is 2.53. The third kappa shape index (κ3) is 2.82. The zero-order valence-corrected chi connectivity index (χ0v) is 12.6. The van der Waals surface area contributed by atoms with Crippen LogP contribution < -0.4 is 0 Å². The third-order valence-corrected chi connectivity index (χ3v) is 3.85. The molecule has 0 N–H and O–H groups in total. The SMILES string of the molecule is CCc1cc(CC)c(C(=O)c2ccccc2)cc1CC. The normalized spacial score (nSPS) is 10.6. The molecule has 0 saturated heterocycles. The summed E-state index contributed by atoms with van der Waals surface area (Å²) in [6.07, 6.45) is 2.89. The van der Waals surface area contributed by atoms with Gasteiger partial charge >= 0.3 is 0 Å². The second-order valence-electron chi connectivity index (χ2n) is 5.03. The van der Waals surface area contributed by atoms with Crippen molar-refractivity contribution in [3.63, 3.8) is 0 Å². The first-order valence-corrected chi connectivity index (χ1v) is 7.45. The van der Waals surface area contributed by atoms with Crippen molar-refractivity contribution in [1.82, 2.24) is 0 Å². The molecule has 0 radical (unpaired) electrons. The highest BCUT2D eigenvalue weighted by Crippen LogP contribution is 2.22. The molecule has 2 aromatic carbocycles. The molecule has 0 saturated carbocycles. The summed E-state index contributed by atoms with van der Waals surface area (Å²) in [6.45, 7) is 6.44. The third-order valence-electron chi connectivity index (χ3n) is 3.85. The van der Waals surface area contributed by atoms with Gasteiger partial charge in [0.1, 0.15) is 0 Å². The molecular formula is C19H22O. The van der Waals surface area contributed by atoms with E-state index in [4.69, 9.17) is 0 Å². The lowest BCUT2D eigenvalue weighted by Crippen LogP contribution is -2.08. The second kappa shape index (κ2) is 6.51. The molecule has 0 fully saturated rings. The molecule has 20 heavy (non-hydrogen) atoms. The number of hydrogen-bond donors (Lipinski definition) is 0. The smallest absolute Gasteiger partial charge is 0.193 e. The summed E-state index contributed by atoms with van der Waals surface area (Å²) in [5, 5.41) is 0. The first kappa shape index (κ1) is 14.5. The van der Waals surface area contributed by atoms with Crippen molar-refractivity contribution in [3.8, 4) is 0 Å². The van der Waals surface area contributed by atoms with E-state index in [1.807, 2.05) is 30.3 Å². The van der Waals surface area contributed by atoms with Gasteiger partial charge in [0.2, 0.25) is 0 Å². The van der Waals surface area contributed by atoms with E-state index in [9.17, 15) is 4.79 Å². The van der Waals surface area contributed by atoms with Crippen LogP contribution in [-0.2, 0) is 19.3 Å². The Labute approximate surface area is 121 Å². The summed E-state index contributed by atoms with van der Waals surface area (Å²) in [6, 6.07) is 13.9. The quantitative estimate of drug-likeness (QED) is 0.723. The van der Waals surface area contributed by atoms with Gasteiger partial charge in [0.15, 0.2) is 5.78 Å². The van der Waals surface area contributed by atoms with E-state index in [0.29, 0.717) is 0 Å². The maximum absolute atomic E-state index is 12.7. The molecule has 0 atom stereocenters. The van der Waals surface area contributed by atoms with E-state index in [0.717, 1.165) is 36.0 Å². The van der Waals surface area contributed by atoms with Gasteiger partial charge in [0, 0.05) is 11.1 Å². The molecule has 0 spiro atoms. The fourth-order valence-electron chi connectivity index (χ4n) is 2.65. The van der Waals surface area contributed by atoms with Crippen LogP contribution in [0.2, 0.25) is 0 Å². The van der Waals surface area contributed by atoms with Gasteiger partial charge in [-0.15, -0.1) is 0 Å². The van der Waals surface area contributed by atoms with Gasteiger partial charge in [-0.3, -0.25) is 4.79 Å². The molecule has 1 nitrogen and oxygen atoms in total. The summed E-state index contributed by atoms with van der Waals surface area (Å²) in [5.41, 5.74) is 5.46. The Hall–Kier alpha value is -1.89. The Balaban J connectivity index is 2.53. The molecule has 0 heterocycles. The van der Waals surface area contributed by atoms with Crippen LogP contribution in [0.1, 0.15) is 53.4 Å². The van der Waals surface area contributed by atoms with E-state index in [1.54, 1.807) is 0 Å². The summed E-state index contributed by atoms with van der Waals surface area (Å²) >= 11 is 0. The van der Waals surface area contributed by atoms with Gasteiger partial charge in [-0.05, 0) is 42.0 Å². The van der Waals surface area contributed by atoms with Crippen LogP contribution >= 0.6 is 0 Å².